The third-order valence-electron chi connectivity index (χ3n) is 5.29. The molecule has 1 N–H and O–H groups in total. The molecule has 0 radical (unpaired) electrons. The summed E-state index contributed by atoms with van der Waals surface area (Å²) < 4.78 is 1.99. The molecular weight excluding hydrogens is 452 g/mol. The van der Waals surface area contributed by atoms with Crippen LogP contribution >= 0.6 is 23.4 Å². The second-order valence-electron chi connectivity index (χ2n) is 8.05. The van der Waals surface area contributed by atoms with Gasteiger partial charge >= 0.3 is 0 Å². The van der Waals surface area contributed by atoms with E-state index in [1.165, 1.54) is 17.3 Å². The van der Waals surface area contributed by atoms with Gasteiger partial charge in [-0.3, -0.25) is 9.36 Å². The predicted molar refractivity (Wildman–Crippen MR) is 136 cm³/mol. The molecule has 0 aliphatic carbocycles. The van der Waals surface area contributed by atoms with Gasteiger partial charge in [-0.05, 0) is 66.4 Å². The van der Waals surface area contributed by atoms with Crippen molar-refractivity contribution in [3.05, 3.63) is 88.9 Å². The number of nitrogens with zero attached hydrogens (tertiary/aromatic N) is 3. The summed E-state index contributed by atoms with van der Waals surface area (Å²) in [5.74, 6) is 1.28. The highest BCUT2D eigenvalue weighted by Gasteiger charge is 2.18. The summed E-state index contributed by atoms with van der Waals surface area (Å²) in [5.41, 5.74) is 4.98. The van der Waals surface area contributed by atoms with E-state index in [1.54, 1.807) is 0 Å². The summed E-state index contributed by atoms with van der Waals surface area (Å²) in [5, 5.41) is 13.1. The Morgan fingerprint density at radius 3 is 2.36 bits per heavy atom. The molecule has 4 rings (SSSR count). The summed E-state index contributed by atoms with van der Waals surface area (Å²) in [4.78, 5) is 12.6. The van der Waals surface area contributed by atoms with E-state index in [-0.39, 0.29) is 11.7 Å². The lowest BCUT2D eigenvalue weighted by Gasteiger charge is -2.13. The number of rotatable bonds is 7. The maximum absolute atomic E-state index is 12.6. The first-order valence-corrected chi connectivity index (χ1v) is 12.1. The second kappa shape index (κ2) is 10.2. The average molecular weight is 477 g/mol. The fourth-order valence-electron chi connectivity index (χ4n) is 3.46. The number of aryl methyl sites for hydroxylation is 1. The minimum Gasteiger partial charge on any atom is -0.325 e. The van der Waals surface area contributed by atoms with Crippen LogP contribution in [-0.4, -0.2) is 26.4 Å². The molecule has 0 saturated carbocycles. The highest BCUT2D eigenvalue weighted by molar-refractivity contribution is 7.99. The molecule has 0 fully saturated rings. The van der Waals surface area contributed by atoms with Crippen LogP contribution < -0.4 is 5.32 Å². The van der Waals surface area contributed by atoms with Crippen molar-refractivity contribution < 1.29 is 4.79 Å². The van der Waals surface area contributed by atoms with Crippen LogP contribution in [-0.2, 0) is 4.79 Å². The molecule has 5 nitrogen and oxygen atoms in total. The van der Waals surface area contributed by atoms with Crippen molar-refractivity contribution in [2.45, 2.75) is 31.8 Å². The van der Waals surface area contributed by atoms with Gasteiger partial charge in [-0.2, -0.15) is 0 Å². The van der Waals surface area contributed by atoms with Gasteiger partial charge in [-0.1, -0.05) is 67.5 Å². The molecule has 0 aliphatic heterocycles. The lowest BCUT2D eigenvalue weighted by atomic mass is 10.0. The minimum atomic E-state index is -0.0929. The summed E-state index contributed by atoms with van der Waals surface area (Å²) >= 11 is 7.43. The SMILES string of the molecule is Cc1ccccc1-n1c(SCC(=O)Nc2ccc(C(C)C)cc2)nnc1-c1ccc(Cl)cc1. The van der Waals surface area contributed by atoms with Gasteiger partial charge in [0.2, 0.25) is 5.91 Å². The Labute approximate surface area is 203 Å². The van der Waals surface area contributed by atoms with Crippen molar-refractivity contribution in [3.8, 4) is 17.1 Å². The van der Waals surface area contributed by atoms with Gasteiger partial charge in [0.25, 0.3) is 0 Å². The normalized spacial score (nSPS) is 11.1. The molecule has 0 saturated heterocycles. The molecular formula is C26H25ClN4OS. The number of halogens is 1. The smallest absolute Gasteiger partial charge is 0.234 e. The number of thioether (sulfide) groups is 1. The fraction of sp³-hybridized carbons (Fsp3) is 0.192. The average Bonchev–Trinajstić information content (AvgIpc) is 3.22. The minimum absolute atomic E-state index is 0.0929. The van der Waals surface area contributed by atoms with E-state index in [0.717, 1.165) is 22.5 Å². The standard InChI is InChI=1S/C26H25ClN4OS/c1-17(2)19-10-14-22(15-11-19)28-24(32)16-33-26-30-29-25(20-8-12-21(27)13-9-20)31(26)23-7-5-4-6-18(23)3/h4-15,17H,16H2,1-3H3,(H,28,32). The van der Waals surface area contributed by atoms with Crippen LogP contribution in [0.4, 0.5) is 5.69 Å². The summed E-state index contributed by atoms with van der Waals surface area (Å²) in [6.07, 6.45) is 0. The van der Waals surface area contributed by atoms with Gasteiger partial charge in [0.15, 0.2) is 11.0 Å². The number of benzene rings is 3. The fourth-order valence-corrected chi connectivity index (χ4v) is 4.33. The number of carbonyl (C=O) groups is 1. The number of amides is 1. The van der Waals surface area contributed by atoms with Gasteiger partial charge in [-0.25, -0.2) is 0 Å². The van der Waals surface area contributed by atoms with E-state index < -0.39 is 0 Å². The molecule has 3 aromatic carbocycles. The Balaban J connectivity index is 1.56. The Bertz CT molecular complexity index is 1250. The van der Waals surface area contributed by atoms with Crippen LogP contribution in [0.15, 0.2) is 78.0 Å². The van der Waals surface area contributed by atoms with Gasteiger partial charge < -0.3 is 5.32 Å². The zero-order valence-electron chi connectivity index (χ0n) is 18.7. The number of aromatic nitrogens is 3. The first kappa shape index (κ1) is 23.1. The lowest BCUT2D eigenvalue weighted by molar-refractivity contribution is -0.113. The van der Waals surface area contributed by atoms with E-state index in [4.69, 9.17) is 11.6 Å². The Kier molecular flexibility index (Phi) is 7.16. The Morgan fingerprint density at radius 2 is 1.70 bits per heavy atom. The Hall–Kier alpha value is -3.09. The number of anilines is 1. The number of hydrogen-bond acceptors (Lipinski definition) is 4. The van der Waals surface area contributed by atoms with Crippen LogP contribution in [0, 0.1) is 6.92 Å². The molecule has 0 unspecified atom stereocenters. The molecule has 168 valence electrons. The van der Waals surface area contributed by atoms with E-state index in [9.17, 15) is 4.79 Å². The maximum atomic E-state index is 12.6. The van der Waals surface area contributed by atoms with E-state index in [1.807, 2.05) is 84.3 Å². The van der Waals surface area contributed by atoms with E-state index in [0.29, 0.717) is 21.9 Å². The third kappa shape index (κ3) is 5.46. The number of carbonyl (C=O) groups excluding carboxylic acids is 1. The molecule has 0 spiro atoms. The molecule has 7 heteroatoms. The quantitative estimate of drug-likeness (QED) is 0.300. The summed E-state index contributed by atoms with van der Waals surface area (Å²) in [6.45, 7) is 6.34. The van der Waals surface area contributed by atoms with Crippen molar-refractivity contribution in [2.24, 2.45) is 0 Å². The van der Waals surface area contributed by atoms with Crippen molar-refractivity contribution in [1.82, 2.24) is 14.8 Å². The van der Waals surface area contributed by atoms with Gasteiger partial charge in [0, 0.05) is 16.3 Å². The van der Waals surface area contributed by atoms with Crippen LogP contribution in [0.25, 0.3) is 17.1 Å². The van der Waals surface area contributed by atoms with E-state index in [2.05, 4.69) is 29.4 Å². The predicted octanol–water partition coefficient (Wildman–Crippen LogP) is 6.75. The summed E-state index contributed by atoms with van der Waals surface area (Å²) in [6, 6.07) is 23.5. The number of hydrogen-bond donors (Lipinski definition) is 1. The van der Waals surface area contributed by atoms with Gasteiger partial charge in [0.05, 0.1) is 11.4 Å². The molecule has 33 heavy (non-hydrogen) atoms. The molecule has 0 atom stereocenters. The van der Waals surface area contributed by atoms with Crippen molar-refractivity contribution in [2.75, 3.05) is 11.1 Å². The van der Waals surface area contributed by atoms with Gasteiger partial charge in [0.1, 0.15) is 0 Å². The number of nitrogens with one attached hydrogen (secondary N) is 1. The van der Waals surface area contributed by atoms with Crippen LogP contribution in [0.1, 0.15) is 30.9 Å². The van der Waals surface area contributed by atoms with Gasteiger partial charge in [-0.15, -0.1) is 10.2 Å². The molecule has 1 aromatic heterocycles. The van der Waals surface area contributed by atoms with Crippen LogP contribution in [0.5, 0.6) is 0 Å². The number of para-hydroxylation sites is 1. The molecule has 1 amide bonds. The van der Waals surface area contributed by atoms with Crippen LogP contribution in [0.3, 0.4) is 0 Å². The topological polar surface area (TPSA) is 59.8 Å². The molecule has 1 heterocycles. The molecule has 0 bridgehead atoms. The third-order valence-corrected chi connectivity index (χ3v) is 6.47. The van der Waals surface area contributed by atoms with Crippen molar-refractivity contribution in [3.63, 3.8) is 0 Å². The largest absolute Gasteiger partial charge is 0.325 e. The highest BCUT2D eigenvalue weighted by atomic mass is 35.5. The molecule has 4 aromatic rings. The zero-order chi connectivity index (χ0) is 23.4. The first-order chi connectivity index (χ1) is 15.9. The highest BCUT2D eigenvalue weighted by Crippen LogP contribution is 2.30. The van der Waals surface area contributed by atoms with Crippen molar-refractivity contribution in [1.29, 1.82) is 0 Å². The second-order valence-corrected chi connectivity index (χ2v) is 9.43. The monoisotopic (exact) mass is 476 g/mol. The zero-order valence-corrected chi connectivity index (χ0v) is 20.3. The maximum Gasteiger partial charge on any atom is 0.234 e. The molecule has 0 aliphatic rings. The first-order valence-electron chi connectivity index (χ1n) is 10.7. The Morgan fingerprint density at radius 1 is 1.00 bits per heavy atom. The van der Waals surface area contributed by atoms with E-state index >= 15 is 0 Å². The van der Waals surface area contributed by atoms with Crippen molar-refractivity contribution >= 4 is 35.0 Å². The lowest BCUT2D eigenvalue weighted by Crippen LogP contribution is -2.14. The summed E-state index contributed by atoms with van der Waals surface area (Å²) in [7, 11) is 0. The van der Waals surface area contributed by atoms with Crippen LogP contribution in [0.2, 0.25) is 5.02 Å².